The minimum absolute atomic E-state index is 0.174. The second-order valence-electron chi connectivity index (χ2n) is 8.41. The summed E-state index contributed by atoms with van der Waals surface area (Å²) in [6, 6.07) is 17.5. The molecule has 162 valence electrons. The third-order valence-corrected chi connectivity index (χ3v) is 6.32. The van der Waals surface area contributed by atoms with Crippen LogP contribution in [-0.4, -0.2) is 47.3 Å². The second kappa shape index (κ2) is 8.46. The summed E-state index contributed by atoms with van der Waals surface area (Å²) in [4.78, 5) is 41.2. The number of imide groups is 1. The molecular weight excluding hydrogens is 402 g/mol. The molecule has 5 rings (SSSR count). The van der Waals surface area contributed by atoms with Gasteiger partial charge in [0.25, 0.3) is 5.91 Å². The molecule has 0 aliphatic carbocycles. The number of hydrogen-bond donors (Lipinski definition) is 1. The fourth-order valence-corrected chi connectivity index (χ4v) is 4.62. The van der Waals surface area contributed by atoms with Crippen molar-refractivity contribution in [2.75, 3.05) is 19.6 Å². The number of fused-ring (bicyclic) bond motifs is 2. The first-order chi connectivity index (χ1) is 15.6. The first-order valence-electron chi connectivity index (χ1n) is 11.1. The maximum atomic E-state index is 13.1. The lowest BCUT2D eigenvalue weighted by Gasteiger charge is -2.22. The van der Waals surface area contributed by atoms with E-state index in [-0.39, 0.29) is 18.1 Å². The van der Waals surface area contributed by atoms with Crippen LogP contribution < -0.4 is 5.32 Å². The highest BCUT2D eigenvalue weighted by Crippen LogP contribution is 2.30. The fraction of sp³-hybridized carbons (Fsp3) is 0.269. The second-order valence-corrected chi connectivity index (χ2v) is 8.41. The summed E-state index contributed by atoms with van der Waals surface area (Å²) in [6.45, 7) is 1.15. The largest absolute Gasteiger partial charge is 0.341 e. The van der Waals surface area contributed by atoms with Gasteiger partial charge in [0.05, 0.1) is 0 Å². The normalized spacial score (nSPS) is 18.4. The van der Waals surface area contributed by atoms with Crippen LogP contribution in [0.25, 0.3) is 27.6 Å². The highest BCUT2D eigenvalue weighted by molar-refractivity contribution is 6.17. The van der Waals surface area contributed by atoms with Crippen molar-refractivity contribution in [2.45, 2.75) is 25.7 Å². The lowest BCUT2D eigenvalue weighted by atomic mass is 9.96. The number of rotatable bonds is 3. The lowest BCUT2D eigenvalue weighted by Crippen LogP contribution is -2.43. The molecule has 4 amide bonds. The van der Waals surface area contributed by atoms with Gasteiger partial charge >= 0.3 is 6.03 Å². The van der Waals surface area contributed by atoms with Crippen LogP contribution in [0.5, 0.6) is 0 Å². The number of likely N-dealkylation sites (tertiary alicyclic amines) is 1. The molecule has 0 radical (unpaired) electrons. The van der Waals surface area contributed by atoms with Crippen LogP contribution in [0.1, 0.15) is 31.2 Å². The van der Waals surface area contributed by atoms with Gasteiger partial charge in [-0.25, -0.2) is 9.69 Å². The quantitative estimate of drug-likeness (QED) is 0.385. The predicted molar refractivity (Wildman–Crippen MR) is 125 cm³/mol. The van der Waals surface area contributed by atoms with Gasteiger partial charge in [-0.3, -0.25) is 9.59 Å². The van der Waals surface area contributed by atoms with Crippen LogP contribution in [0.4, 0.5) is 4.79 Å². The minimum atomic E-state index is -0.547. The van der Waals surface area contributed by atoms with E-state index in [0.29, 0.717) is 13.1 Å². The molecule has 6 heteroatoms. The van der Waals surface area contributed by atoms with E-state index >= 15 is 0 Å². The molecule has 0 unspecified atom stereocenters. The Morgan fingerprint density at radius 3 is 2.09 bits per heavy atom. The molecule has 2 aliphatic rings. The van der Waals surface area contributed by atoms with Crippen molar-refractivity contribution in [3.63, 3.8) is 0 Å². The van der Waals surface area contributed by atoms with Gasteiger partial charge in [0.1, 0.15) is 12.2 Å². The first kappa shape index (κ1) is 20.2. The van der Waals surface area contributed by atoms with Crippen molar-refractivity contribution >= 4 is 45.5 Å². The molecule has 0 bridgehead atoms. The SMILES string of the molecule is O=C(CN1C(=O)N/C(=C\c2c3ccccc3cc3ccccc23)C1=O)N1CCCCCC1. The minimum Gasteiger partial charge on any atom is -0.341 e. The zero-order valence-corrected chi connectivity index (χ0v) is 17.8. The molecule has 2 fully saturated rings. The summed E-state index contributed by atoms with van der Waals surface area (Å²) < 4.78 is 0. The van der Waals surface area contributed by atoms with Gasteiger partial charge in [0, 0.05) is 13.1 Å². The molecule has 1 N–H and O–H groups in total. The monoisotopic (exact) mass is 427 g/mol. The lowest BCUT2D eigenvalue weighted by molar-refractivity contribution is -0.135. The highest BCUT2D eigenvalue weighted by Gasteiger charge is 2.36. The molecule has 0 spiro atoms. The number of benzene rings is 3. The Labute approximate surface area is 186 Å². The maximum absolute atomic E-state index is 13.1. The molecule has 2 saturated heterocycles. The van der Waals surface area contributed by atoms with Crippen LogP contribution in [-0.2, 0) is 9.59 Å². The molecule has 0 saturated carbocycles. The summed E-state index contributed by atoms with van der Waals surface area (Å²) in [5.41, 5.74) is 1.07. The van der Waals surface area contributed by atoms with Crippen molar-refractivity contribution in [1.82, 2.24) is 15.1 Å². The smallest absolute Gasteiger partial charge is 0.329 e. The number of amides is 4. The Morgan fingerprint density at radius 2 is 1.47 bits per heavy atom. The van der Waals surface area contributed by atoms with E-state index in [1.807, 2.05) is 48.5 Å². The summed E-state index contributed by atoms with van der Waals surface area (Å²) >= 11 is 0. The summed E-state index contributed by atoms with van der Waals surface area (Å²) in [5.74, 6) is -0.637. The van der Waals surface area contributed by atoms with E-state index in [9.17, 15) is 14.4 Å². The number of carbonyl (C=O) groups is 3. The third-order valence-electron chi connectivity index (χ3n) is 6.32. The Balaban J connectivity index is 1.47. The van der Waals surface area contributed by atoms with Crippen molar-refractivity contribution < 1.29 is 14.4 Å². The molecule has 32 heavy (non-hydrogen) atoms. The molecule has 0 atom stereocenters. The third kappa shape index (κ3) is 3.73. The maximum Gasteiger partial charge on any atom is 0.329 e. The van der Waals surface area contributed by atoms with Gasteiger partial charge in [0.2, 0.25) is 5.91 Å². The van der Waals surface area contributed by atoms with E-state index in [0.717, 1.165) is 57.7 Å². The van der Waals surface area contributed by atoms with Gasteiger partial charge in [0.15, 0.2) is 0 Å². The molecule has 2 heterocycles. The number of carbonyl (C=O) groups excluding carboxylic acids is 3. The van der Waals surface area contributed by atoms with Crippen LogP contribution in [0.3, 0.4) is 0 Å². The summed E-state index contributed by atoms with van der Waals surface area (Å²) in [6.07, 6.45) is 5.88. The molecule has 3 aromatic carbocycles. The molecule has 0 aromatic heterocycles. The van der Waals surface area contributed by atoms with Crippen LogP contribution in [0.2, 0.25) is 0 Å². The average molecular weight is 428 g/mol. The molecule has 3 aromatic rings. The first-order valence-corrected chi connectivity index (χ1v) is 11.1. The zero-order chi connectivity index (χ0) is 22.1. The average Bonchev–Trinajstić information content (AvgIpc) is 2.99. The van der Waals surface area contributed by atoms with Crippen molar-refractivity contribution in [2.24, 2.45) is 0 Å². The summed E-state index contributed by atoms with van der Waals surface area (Å²) in [5, 5.41) is 6.80. The number of hydrogen-bond acceptors (Lipinski definition) is 3. The highest BCUT2D eigenvalue weighted by atomic mass is 16.2. The zero-order valence-electron chi connectivity index (χ0n) is 17.8. The van der Waals surface area contributed by atoms with Gasteiger partial charge in [-0.05, 0) is 52.1 Å². The number of urea groups is 1. The Hall–Kier alpha value is -3.67. The number of nitrogens with zero attached hydrogens (tertiary/aromatic N) is 2. The Bertz CT molecular complexity index is 1200. The van der Waals surface area contributed by atoms with Crippen LogP contribution in [0, 0.1) is 0 Å². The predicted octanol–water partition coefficient (Wildman–Crippen LogP) is 4.29. The van der Waals surface area contributed by atoms with E-state index in [1.54, 1.807) is 11.0 Å². The molecule has 6 nitrogen and oxygen atoms in total. The Kier molecular flexibility index (Phi) is 5.35. The van der Waals surface area contributed by atoms with Crippen molar-refractivity contribution in [3.8, 4) is 0 Å². The van der Waals surface area contributed by atoms with Crippen molar-refractivity contribution in [1.29, 1.82) is 0 Å². The Morgan fingerprint density at radius 1 is 0.875 bits per heavy atom. The van der Waals surface area contributed by atoms with Crippen LogP contribution in [0.15, 0.2) is 60.3 Å². The van der Waals surface area contributed by atoms with Crippen molar-refractivity contribution in [3.05, 3.63) is 65.9 Å². The standard InChI is InChI=1S/C26H25N3O3/c30-24(28-13-7-1-2-8-14-28)17-29-25(31)23(27-26(29)32)16-22-20-11-5-3-9-18(20)15-19-10-4-6-12-21(19)22/h3-6,9-12,15-16H,1-2,7-8,13-14,17H2,(H,27,32)/b23-16-. The van der Waals surface area contributed by atoms with Gasteiger partial charge in [-0.1, -0.05) is 61.4 Å². The topological polar surface area (TPSA) is 69.7 Å². The van der Waals surface area contributed by atoms with E-state index in [1.165, 1.54) is 0 Å². The number of nitrogens with one attached hydrogen (secondary N) is 1. The van der Waals surface area contributed by atoms with Crippen LogP contribution >= 0.6 is 0 Å². The van der Waals surface area contributed by atoms with Gasteiger partial charge in [-0.2, -0.15) is 0 Å². The van der Waals surface area contributed by atoms with Gasteiger partial charge < -0.3 is 10.2 Å². The summed E-state index contributed by atoms with van der Waals surface area (Å²) in [7, 11) is 0. The van der Waals surface area contributed by atoms with E-state index in [2.05, 4.69) is 11.4 Å². The van der Waals surface area contributed by atoms with E-state index in [4.69, 9.17) is 0 Å². The molecular formula is C26H25N3O3. The molecule has 2 aliphatic heterocycles. The van der Waals surface area contributed by atoms with Gasteiger partial charge in [-0.15, -0.1) is 0 Å². The fourth-order valence-electron chi connectivity index (χ4n) is 4.62. The van der Waals surface area contributed by atoms with E-state index < -0.39 is 11.9 Å².